The maximum absolute atomic E-state index is 12.6. The smallest absolute Gasteiger partial charge is 0.332 e. The fourth-order valence-electron chi connectivity index (χ4n) is 1.97. The third kappa shape index (κ3) is 2.53. The molecule has 0 unspecified atom stereocenters. The van der Waals surface area contributed by atoms with Crippen LogP contribution >= 0.6 is 0 Å². The molecule has 1 N–H and O–H groups in total. The average molecular weight is 286 g/mol. The largest absolute Gasteiger partial charge is 0.393 e. The number of aryl methyl sites for hydroxylation is 2. The Balaban J connectivity index is 2.46. The van der Waals surface area contributed by atoms with Crippen LogP contribution in [0.15, 0.2) is 15.9 Å². The minimum Gasteiger partial charge on any atom is -0.393 e. The molecule has 0 fully saturated rings. The van der Waals surface area contributed by atoms with Crippen LogP contribution < -0.4 is 11.2 Å². The molecule has 7 nitrogen and oxygen atoms in total. The molecule has 0 aliphatic carbocycles. The Morgan fingerprint density at radius 3 is 2.95 bits per heavy atom. The minimum absolute atomic E-state index is 0.00934. The van der Waals surface area contributed by atoms with Crippen LogP contribution in [-0.2, 0) is 20.6 Å². The van der Waals surface area contributed by atoms with Gasteiger partial charge >= 0.3 is 5.69 Å². The van der Waals surface area contributed by atoms with Gasteiger partial charge in [-0.15, -0.1) is 0 Å². The second kappa shape index (κ2) is 5.62. The highest BCUT2D eigenvalue weighted by atomic mass is 16.3. The number of fused-ring (bicyclic) bond motifs is 1. The zero-order valence-corrected chi connectivity index (χ0v) is 11.3. The highest BCUT2D eigenvalue weighted by molar-refractivity contribution is 5.69. The minimum atomic E-state index is -2.65. The quantitative estimate of drug-likeness (QED) is 0.838. The zero-order valence-electron chi connectivity index (χ0n) is 17.3. The molecule has 1 atom stereocenters. The zero-order chi connectivity index (χ0) is 20.1. The van der Waals surface area contributed by atoms with Gasteiger partial charge in [-0.05, 0) is 26.1 Å². The Hall–Kier alpha value is -1.89. The van der Waals surface area contributed by atoms with E-state index in [0.717, 1.165) is 22.4 Å². The molecule has 2 heterocycles. The first kappa shape index (κ1) is 8.41. The number of imidazole rings is 1. The molecular weight excluding hydrogens is 260 g/mol. The summed E-state index contributed by atoms with van der Waals surface area (Å²) < 4.78 is 47.8. The van der Waals surface area contributed by atoms with Crippen molar-refractivity contribution in [3.8, 4) is 0 Å². The van der Waals surface area contributed by atoms with E-state index in [4.69, 9.17) is 8.22 Å². The maximum Gasteiger partial charge on any atom is 0.332 e. The topological polar surface area (TPSA) is 82.1 Å². The first-order valence-electron chi connectivity index (χ1n) is 9.08. The first-order chi connectivity index (χ1) is 11.7. The van der Waals surface area contributed by atoms with Gasteiger partial charge in [-0.2, -0.15) is 0 Å². The number of hydrogen-bond donors (Lipinski definition) is 1. The van der Waals surface area contributed by atoms with Gasteiger partial charge in [0.25, 0.3) is 5.56 Å². The maximum atomic E-state index is 12.6. The van der Waals surface area contributed by atoms with Crippen LogP contribution in [0.5, 0.6) is 0 Å². The van der Waals surface area contributed by atoms with Crippen LogP contribution in [0.3, 0.4) is 0 Å². The third-order valence-electron chi connectivity index (χ3n) is 2.97. The van der Waals surface area contributed by atoms with Crippen LogP contribution in [0.25, 0.3) is 11.2 Å². The lowest BCUT2D eigenvalue weighted by Gasteiger charge is -2.09. The predicted molar refractivity (Wildman–Crippen MR) is 75.7 cm³/mol. The van der Waals surface area contributed by atoms with E-state index in [2.05, 4.69) is 4.98 Å². The van der Waals surface area contributed by atoms with E-state index in [0.29, 0.717) is 4.57 Å². The SMILES string of the molecule is [2H]C([2H])([2H])n1cnc2c1c(=O)n(CCCC([2H])([2H])[C@]([2H])(C)O)c(=O)n2C. The van der Waals surface area contributed by atoms with Crippen molar-refractivity contribution in [2.75, 3.05) is 0 Å². The van der Waals surface area contributed by atoms with Gasteiger partial charge in [-0.1, -0.05) is 0 Å². The molecule has 0 spiro atoms. The van der Waals surface area contributed by atoms with Gasteiger partial charge in [0.1, 0.15) is 0 Å². The summed E-state index contributed by atoms with van der Waals surface area (Å²) in [6.45, 7) is -1.83. The van der Waals surface area contributed by atoms with Gasteiger partial charge < -0.3 is 9.67 Å². The monoisotopic (exact) mass is 286 g/mol. The molecule has 0 aliphatic heterocycles. The Morgan fingerprint density at radius 1 is 1.55 bits per heavy atom. The summed E-state index contributed by atoms with van der Waals surface area (Å²) in [5, 5.41) is 9.52. The van der Waals surface area contributed by atoms with Gasteiger partial charge in [0.15, 0.2) is 11.2 Å². The third-order valence-corrected chi connectivity index (χ3v) is 2.97. The summed E-state index contributed by atoms with van der Waals surface area (Å²) >= 11 is 0. The van der Waals surface area contributed by atoms with Gasteiger partial charge in [-0.25, -0.2) is 9.78 Å². The molecule has 7 heteroatoms. The van der Waals surface area contributed by atoms with Crippen molar-refractivity contribution in [1.82, 2.24) is 18.7 Å². The number of aromatic nitrogens is 4. The van der Waals surface area contributed by atoms with Crippen LogP contribution in [0.2, 0.25) is 0 Å². The van der Waals surface area contributed by atoms with Crippen molar-refractivity contribution in [3.63, 3.8) is 0 Å². The molecule has 0 radical (unpaired) electrons. The van der Waals surface area contributed by atoms with E-state index in [9.17, 15) is 14.7 Å². The first-order valence-corrected chi connectivity index (χ1v) is 6.08. The van der Waals surface area contributed by atoms with Crippen molar-refractivity contribution >= 4 is 11.2 Å². The molecular formula is C13H20N4O3. The van der Waals surface area contributed by atoms with Crippen LogP contribution in [-0.4, -0.2) is 29.9 Å². The van der Waals surface area contributed by atoms with Crippen molar-refractivity contribution in [2.24, 2.45) is 14.0 Å². The molecule has 0 aromatic carbocycles. The Labute approximate surface area is 124 Å². The predicted octanol–water partition coefficient (Wildman–Crippen LogP) is -0.0152. The van der Waals surface area contributed by atoms with Gasteiger partial charge in [0.2, 0.25) is 0 Å². The average Bonchev–Trinajstić information content (AvgIpc) is 2.92. The Morgan fingerprint density at radius 2 is 2.30 bits per heavy atom. The molecule has 0 aliphatic rings. The van der Waals surface area contributed by atoms with E-state index >= 15 is 0 Å². The lowest BCUT2D eigenvalue weighted by atomic mass is 10.2. The van der Waals surface area contributed by atoms with Gasteiger partial charge in [0, 0.05) is 27.4 Å². The molecule has 0 saturated heterocycles. The van der Waals surface area contributed by atoms with Crippen LogP contribution in [0, 0.1) is 0 Å². The lowest BCUT2D eigenvalue weighted by Crippen LogP contribution is -2.39. The summed E-state index contributed by atoms with van der Waals surface area (Å²) in [5.74, 6) is 0. The second-order valence-corrected chi connectivity index (χ2v) is 4.45. The molecule has 2 rings (SSSR count). The molecule has 0 bridgehead atoms. The number of rotatable bonds is 5. The van der Waals surface area contributed by atoms with E-state index in [1.54, 1.807) is 0 Å². The standard InChI is InChI=1S/C13H20N4O3/c1-9(18)6-4-5-7-17-12(19)10-11(14-8-15(10)2)16(3)13(17)20/h8-9,18H,4-7H2,1-3H3/t9-/m0/s1/i2D3,6D2,9D. The summed E-state index contributed by atoms with van der Waals surface area (Å²) in [6, 6.07) is 0. The summed E-state index contributed by atoms with van der Waals surface area (Å²) in [4.78, 5) is 28.8. The molecule has 110 valence electrons. The number of hydrogen-bond acceptors (Lipinski definition) is 4. The van der Waals surface area contributed by atoms with Crippen LogP contribution in [0.1, 0.15) is 34.4 Å². The van der Waals surface area contributed by atoms with Crippen LogP contribution in [0.4, 0.5) is 0 Å². The lowest BCUT2D eigenvalue weighted by molar-refractivity contribution is 0.180. The summed E-state index contributed by atoms with van der Waals surface area (Å²) in [7, 11) is 1.35. The molecule has 20 heavy (non-hydrogen) atoms. The van der Waals surface area contributed by atoms with Crippen molar-refractivity contribution in [1.29, 1.82) is 0 Å². The van der Waals surface area contributed by atoms with E-state index in [-0.39, 0.29) is 30.6 Å². The summed E-state index contributed by atoms with van der Waals surface area (Å²) in [5.41, 5.74) is -1.86. The summed E-state index contributed by atoms with van der Waals surface area (Å²) in [6.07, 6.45) is -3.88. The number of nitrogens with zero attached hydrogens (tertiary/aromatic N) is 4. The Kier molecular flexibility index (Phi) is 2.36. The molecule has 2 aromatic heterocycles. The van der Waals surface area contributed by atoms with Gasteiger partial charge in [0.05, 0.1) is 13.8 Å². The molecule has 2 aromatic rings. The van der Waals surface area contributed by atoms with E-state index in [1.807, 2.05) is 0 Å². The Bertz CT molecular complexity index is 935. The van der Waals surface area contributed by atoms with E-state index in [1.165, 1.54) is 7.05 Å². The van der Waals surface area contributed by atoms with Gasteiger partial charge in [-0.3, -0.25) is 13.9 Å². The normalized spacial score (nSPS) is 20.4. The van der Waals surface area contributed by atoms with Crippen molar-refractivity contribution in [3.05, 3.63) is 27.2 Å². The fraction of sp³-hybridized carbons (Fsp3) is 0.615. The molecule has 0 saturated carbocycles. The van der Waals surface area contributed by atoms with Crippen molar-refractivity contribution in [2.45, 2.75) is 38.8 Å². The van der Waals surface area contributed by atoms with E-state index < -0.39 is 30.7 Å². The highest BCUT2D eigenvalue weighted by Crippen LogP contribution is 2.04. The second-order valence-electron chi connectivity index (χ2n) is 4.45. The molecule has 0 amide bonds. The fourth-order valence-corrected chi connectivity index (χ4v) is 1.97. The number of aliphatic hydroxyl groups is 1. The van der Waals surface area contributed by atoms with Crippen molar-refractivity contribution < 1.29 is 13.3 Å². The highest BCUT2D eigenvalue weighted by Gasteiger charge is 2.14.